The molecule has 0 saturated carbocycles. The van der Waals surface area contributed by atoms with Gasteiger partial charge in [0.05, 0.1) is 17.1 Å². The zero-order valence-electron chi connectivity index (χ0n) is 32.8. The molecule has 0 saturated heterocycles. The number of hydrogen-bond acceptors (Lipinski definition) is 2. The topological polar surface area (TPSA) is 6.48 Å². The van der Waals surface area contributed by atoms with Crippen LogP contribution in [0.1, 0.15) is 38.9 Å². The molecule has 2 nitrogen and oxygen atoms in total. The minimum absolute atomic E-state index is 1.16. The second-order valence-electron chi connectivity index (χ2n) is 15.5. The number of rotatable bonds is 7. The van der Waals surface area contributed by atoms with Crippen molar-refractivity contribution >= 4 is 66.4 Å². The number of nitrogens with zero attached hydrogens (tertiary/aromatic N) is 2. The molecule has 0 aliphatic carbocycles. The summed E-state index contributed by atoms with van der Waals surface area (Å²) in [6.45, 7) is 15.5. The van der Waals surface area contributed by atoms with Crippen LogP contribution < -0.4 is 9.80 Å². The first-order valence-electron chi connectivity index (χ1n) is 19.3. The van der Waals surface area contributed by atoms with E-state index in [0.717, 1.165) is 17.1 Å². The van der Waals surface area contributed by atoms with Gasteiger partial charge in [0.15, 0.2) is 0 Å². The zero-order chi connectivity index (χ0) is 38.0. The summed E-state index contributed by atoms with van der Waals surface area (Å²) in [6, 6.07) is 56.6. The molecule has 9 aromatic rings. The molecule has 0 heterocycles. The van der Waals surface area contributed by atoms with Gasteiger partial charge in [-0.15, -0.1) is 0 Å². The van der Waals surface area contributed by atoms with Gasteiger partial charge in [-0.2, -0.15) is 0 Å². The summed E-state index contributed by atoms with van der Waals surface area (Å²) in [5.41, 5.74) is 18.3. The van der Waals surface area contributed by atoms with Crippen LogP contribution in [-0.2, 0) is 0 Å². The van der Waals surface area contributed by atoms with Crippen molar-refractivity contribution < 1.29 is 0 Å². The SMILES string of the molecule is Cc1ccc(N(c2ccc(C)cc2)c2c(C)cc(-c3cc(C)c(N(c4ccc(C)cc4)c4ccc5ccc6cccc7ccc4c5c67)c(C)c3)cc2C)cc1. The van der Waals surface area contributed by atoms with E-state index >= 15 is 0 Å². The summed E-state index contributed by atoms with van der Waals surface area (Å²) in [5.74, 6) is 0. The smallest absolute Gasteiger partial charge is 0.0540 e. The molecule has 0 spiro atoms. The average Bonchev–Trinajstić information content (AvgIpc) is 3.18. The van der Waals surface area contributed by atoms with E-state index in [0.29, 0.717) is 0 Å². The molecule has 0 bridgehead atoms. The Bertz CT molecular complexity index is 2760. The second-order valence-corrected chi connectivity index (χ2v) is 15.5. The van der Waals surface area contributed by atoms with E-state index in [4.69, 9.17) is 0 Å². The Morgan fingerprint density at radius 3 is 1.15 bits per heavy atom. The van der Waals surface area contributed by atoms with E-state index in [9.17, 15) is 0 Å². The lowest BCUT2D eigenvalue weighted by atomic mass is 9.92. The van der Waals surface area contributed by atoms with Crippen molar-refractivity contribution in [3.8, 4) is 11.1 Å². The normalized spacial score (nSPS) is 11.5. The van der Waals surface area contributed by atoms with E-state index in [2.05, 4.69) is 210 Å². The predicted octanol–water partition coefficient (Wildman–Crippen LogP) is 15.3. The van der Waals surface area contributed by atoms with Gasteiger partial charge >= 0.3 is 0 Å². The van der Waals surface area contributed by atoms with Gasteiger partial charge in [0.25, 0.3) is 0 Å². The molecular weight excluding hydrogens is 665 g/mol. The van der Waals surface area contributed by atoms with Crippen molar-refractivity contribution in [1.29, 1.82) is 0 Å². The number of hydrogen-bond donors (Lipinski definition) is 0. The molecule has 0 aliphatic heterocycles. The lowest BCUT2D eigenvalue weighted by molar-refractivity contribution is 1.21. The molecule has 2 heteroatoms. The summed E-state index contributed by atoms with van der Waals surface area (Å²) in [6.07, 6.45) is 0. The highest BCUT2D eigenvalue weighted by atomic mass is 15.2. The summed E-state index contributed by atoms with van der Waals surface area (Å²) in [4.78, 5) is 4.89. The Labute approximate surface area is 325 Å². The molecule has 9 rings (SSSR count). The molecule has 0 aliphatic rings. The monoisotopic (exact) mass is 710 g/mol. The van der Waals surface area contributed by atoms with Crippen LogP contribution in [0.3, 0.4) is 0 Å². The third kappa shape index (κ3) is 5.99. The molecular formula is C53H46N2. The van der Waals surface area contributed by atoms with Crippen LogP contribution in [0.2, 0.25) is 0 Å². The van der Waals surface area contributed by atoms with Crippen molar-refractivity contribution in [3.05, 3.63) is 191 Å². The lowest BCUT2D eigenvalue weighted by Gasteiger charge is -2.31. The van der Waals surface area contributed by atoms with Crippen LogP contribution in [0.25, 0.3) is 43.4 Å². The van der Waals surface area contributed by atoms with Crippen LogP contribution in [-0.4, -0.2) is 0 Å². The van der Waals surface area contributed by atoms with Crippen molar-refractivity contribution in [2.75, 3.05) is 9.80 Å². The minimum atomic E-state index is 1.16. The Morgan fingerprint density at radius 1 is 0.327 bits per heavy atom. The Balaban J connectivity index is 1.18. The summed E-state index contributed by atoms with van der Waals surface area (Å²) >= 11 is 0. The van der Waals surface area contributed by atoms with Gasteiger partial charge in [-0.3, -0.25) is 0 Å². The van der Waals surface area contributed by atoms with E-state index in [1.54, 1.807) is 0 Å². The fraction of sp³-hybridized carbons (Fsp3) is 0.132. The lowest BCUT2D eigenvalue weighted by Crippen LogP contribution is -2.14. The molecule has 55 heavy (non-hydrogen) atoms. The predicted molar refractivity (Wildman–Crippen MR) is 238 cm³/mol. The standard InChI is InChI=1S/C53H46N2/c1-33-11-21-45(22-12-33)54(46-23-13-34(2)14-24-46)52-36(4)29-43(30-37(52)5)44-31-38(6)53(39(7)32-44)55(47-25-15-35(3)16-26-47)49-28-20-42-18-17-40-9-8-10-41-19-27-48(49)51(42)50(40)41/h8-32H,1-7H3. The van der Waals surface area contributed by atoms with Crippen LogP contribution in [0.15, 0.2) is 152 Å². The van der Waals surface area contributed by atoms with Crippen molar-refractivity contribution in [2.45, 2.75) is 48.5 Å². The van der Waals surface area contributed by atoms with E-state index in [1.807, 2.05) is 0 Å². The summed E-state index contributed by atoms with van der Waals surface area (Å²) in [5, 5.41) is 7.76. The third-order valence-corrected chi connectivity index (χ3v) is 11.4. The molecule has 9 aromatic carbocycles. The number of aryl methyl sites for hydroxylation is 7. The Kier molecular flexibility index (Phi) is 8.43. The highest BCUT2D eigenvalue weighted by Gasteiger charge is 2.23. The Morgan fingerprint density at radius 2 is 0.691 bits per heavy atom. The molecule has 0 unspecified atom stereocenters. The van der Waals surface area contributed by atoms with Gasteiger partial charge in [0.1, 0.15) is 0 Å². The van der Waals surface area contributed by atoms with Gasteiger partial charge < -0.3 is 9.80 Å². The van der Waals surface area contributed by atoms with Gasteiger partial charge in [0, 0.05) is 22.4 Å². The van der Waals surface area contributed by atoms with E-state index in [-0.39, 0.29) is 0 Å². The molecule has 0 N–H and O–H groups in total. The summed E-state index contributed by atoms with van der Waals surface area (Å²) < 4.78 is 0. The van der Waals surface area contributed by atoms with Crippen LogP contribution >= 0.6 is 0 Å². The first kappa shape index (κ1) is 34.4. The van der Waals surface area contributed by atoms with E-state index in [1.165, 1.54) is 99.5 Å². The highest BCUT2D eigenvalue weighted by Crippen LogP contribution is 2.47. The molecule has 268 valence electrons. The summed E-state index contributed by atoms with van der Waals surface area (Å²) in [7, 11) is 0. The highest BCUT2D eigenvalue weighted by molar-refractivity contribution is 6.25. The van der Waals surface area contributed by atoms with E-state index < -0.39 is 0 Å². The average molecular weight is 711 g/mol. The fourth-order valence-corrected chi connectivity index (χ4v) is 8.74. The second kappa shape index (κ2) is 13.5. The van der Waals surface area contributed by atoms with Crippen LogP contribution in [0, 0.1) is 48.5 Å². The Hall–Kier alpha value is -6.38. The molecule has 0 atom stereocenters. The number of anilines is 6. The first-order chi connectivity index (χ1) is 26.6. The van der Waals surface area contributed by atoms with Crippen molar-refractivity contribution in [2.24, 2.45) is 0 Å². The number of benzene rings is 9. The maximum atomic E-state index is 2.49. The molecule has 0 amide bonds. The third-order valence-electron chi connectivity index (χ3n) is 11.4. The molecule has 0 aromatic heterocycles. The van der Waals surface area contributed by atoms with Gasteiger partial charge in [-0.25, -0.2) is 0 Å². The van der Waals surface area contributed by atoms with Crippen LogP contribution in [0.4, 0.5) is 34.1 Å². The van der Waals surface area contributed by atoms with Gasteiger partial charge in [-0.05, 0) is 176 Å². The molecule has 0 radical (unpaired) electrons. The maximum absolute atomic E-state index is 2.49. The minimum Gasteiger partial charge on any atom is -0.310 e. The van der Waals surface area contributed by atoms with Gasteiger partial charge in [-0.1, -0.05) is 102 Å². The quantitative estimate of drug-likeness (QED) is 0.152. The first-order valence-corrected chi connectivity index (χ1v) is 19.3. The largest absolute Gasteiger partial charge is 0.310 e. The van der Waals surface area contributed by atoms with Crippen LogP contribution in [0.5, 0.6) is 0 Å². The fourth-order valence-electron chi connectivity index (χ4n) is 8.74. The van der Waals surface area contributed by atoms with Gasteiger partial charge in [0.2, 0.25) is 0 Å². The maximum Gasteiger partial charge on any atom is 0.0540 e. The van der Waals surface area contributed by atoms with Crippen molar-refractivity contribution in [3.63, 3.8) is 0 Å². The molecule has 0 fully saturated rings. The zero-order valence-corrected chi connectivity index (χ0v) is 32.8. The van der Waals surface area contributed by atoms with Crippen molar-refractivity contribution in [1.82, 2.24) is 0 Å².